The standard InChI is InChI=1S/C15H15Cl2N3O3/c1-9-7-12(15(23)18-6-2-3-14(21)22)19-20(9)13-5-4-10(16)8-11(13)17/h4-5,7-8H,2-3,6H2,1H3,(H,18,23)(H,21,22). The first-order valence-electron chi connectivity index (χ1n) is 6.90. The fourth-order valence-corrected chi connectivity index (χ4v) is 2.50. The maximum Gasteiger partial charge on any atom is 0.303 e. The zero-order valence-electron chi connectivity index (χ0n) is 12.3. The molecule has 0 saturated carbocycles. The van der Waals surface area contributed by atoms with E-state index in [9.17, 15) is 9.59 Å². The average Bonchev–Trinajstić information content (AvgIpc) is 2.85. The number of amides is 1. The Labute approximate surface area is 143 Å². The highest BCUT2D eigenvalue weighted by molar-refractivity contribution is 6.35. The van der Waals surface area contributed by atoms with Crippen molar-refractivity contribution in [2.75, 3.05) is 6.54 Å². The number of carbonyl (C=O) groups excluding carboxylic acids is 1. The van der Waals surface area contributed by atoms with Gasteiger partial charge in [0.2, 0.25) is 0 Å². The van der Waals surface area contributed by atoms with E-state index >= 15 is 0 Å². The van der Waals surface area contributed by atoms with Crippen molar-refractivity contribution in [3.05, 3.63) is 45.7 Å². The number of halogens is 2. The van der Waals surface area contributed by atoms with Crippen molar-refractivity contribution < 1.29 is 14.7 Å². The molecule has 0 atom stereocenters. The number of aromatic nitrogens is 2. The summed E-state index contributed by atoms with van der Waals surface area (Å²) in [6.07, 6.45) is 0.373. The zero-order chi connectivity index (χ0) is 17.0. The summed E-state index contributed by atoms with van der Waals surface area (Å²) in [5.41, 5.74) is 1.60. The molecule has 6 nitrogen and oxygen atoms in total. The zero-order valence-corrected chi connectivity index (χ0v) is 13.9. The van der Waals surface area contributed by atoms with Gasteiger partial charge in [0, 0.05) is 23.7 Å². The highest BCUT2D eigenvalue weighted by Gasteiger charge is 2.14. The Morgan fingerprint density at radius 3 is 2.70 bits per heavy atom. The number of carboxylic acid groups (broad SMARTS) is 1. The molecule has 0 aliphatic rings. The molecule has 0 radical (unpaired) electrons. The molecule has 0 aliphatic carbocycles. The molecular weight excluding hydrogens is 341 g/mol. The molecule has 0 bridgehead atoms. The van der Waals surface area contributed by atoms with Crippen LogP contribution in [0, 0.1) is 6.92 Å². The van der Waals surface area contributed by atoms with Gasteiger partial charge in [0.25, 0.3) is 5.91 Å². The number of nitrogens with zero attached hydrogens (tertiary/aromatic N) is 2. The van der Waals surface area contributed by atoms with Crippen LogP contribution in [0.25, 0.3) is 5.69 Å². The SMILES string of the molecule is Cc1cc(C(=O)NCCCC(=O)O)nn1-c1ccc(Cl)cc1Cl. The lowest BCUT2D eigenvalue weighted by molar-refractivity contribution is -0.137. The number of aryl methyl sites for hydroxylation is 1. The van der Waals surface area contributed by atoms with Crippen molar-refractivity contribution in [3.8, 4) is 5.69 Å². The predicted molar refractivity (Wildman–Crippen MR) is 87.5 cm³/mol. The minimum Gasteiger partial charge on any atom is -0.481 e. The molecule has 0 aliphatic heterocycles. The molecule has 1 aromatic carbocycles. The van der Waals surface area contributed by atoms with Crippen LogP contribution in [0.2, 0.25) is 10.0 Å². The first-order chi connectivity index (χ1) is 10.9. The Hall–Kier alpha value is -2.05. The molecule has 8 heteroatoms. The van der Waals surface area contributed by atoms with Crippen LogP contribution >= 0.6 is 23.2 Å². The molecule has 0 unspecified atom stereocenters. The van der Waals surface area contributed by atoms with E-state index in [0.29, 0.717) is 22.2 Å². The third kappa shape index (κ3) is 4.46. The topological polar surface area (TPSA) is 84.2 Å². The van der Waals surface area contributed by atoms with E-state index in [1.165, 1.54) is 0 Å². The Bertz CT molecular complexity index is 744. The minimum atomic E-state index is -0.892. The number of benzene rings is 1. The molecule has 1 heterocycles. The van der Waals surface area contributed by atoms with Gasteiger partial charge < -0.3 is 10.4 Å². The van der Waals surface area contributed by atoms with Crippen LogP contribution in [0.5, 0.6) is 0 Å². The number of carboxylic acids is 1. The van der Waals surface area contributed by atoms with Gasteiger partial charge in [-0.3, -0.25) is 9.59 Å². The number of hydrogen-bond acceptors (Lipinski definition) is 3. The smallest absolute Gasteiger partial charge is 0.303 e. The molecule has 23 heavy (non-hydrogen) atoms. The molecule has 0 fully saturated rings. The number of carbonyl (C=O) groups is 2. The Morgan fingerprint density at radius 1 is 1.30 bits per heavy atom. The van der Waals surface area contributed by atoms with Gasteiger partial charge in [-0.05, 0) is 37.6 Å². The van der Waals surface area contributed by atoms with Crippen molar-refractivity contribution in [3.63, 3.8) is 0 Å². The van der Waals surface area contributed by atoms with Crippen LogP contribution in [0.15, 0.2) is 24.3 Å². The summed E-state index contributed by atoms with van der Waals surface area (Å²) >= 11 is 12.0. The lowest BCUT2D eigenvalue weighted by Crippen LogP contribution is -2.25. The minimum absolute atomic E-state index is 0.00807. The number of nitrogens with one attached hydrogen (secondary N) is 1. The van der Waals surface area contributed by atoms with Gasteiger partial charge in [-0.25, -0.2) is 4.68 Å². The number of aliphatic carboxylic acids is 1. The van der Waals surface area contributed by atoms with E-state index in [-0.39, 0.29) is 24.6 Å². The molecule has 2 aromatic rings. The van der Waals surface area contributed by atoms with Gasteiger partial charge in [0.15, 0.2) is 5.69 Å². The van der Waals surface area contributed by atoms with E-state index in [0.717, 1.165) is 5.69 Å². The molecule has 0 spiro atoms. The van der Waals surface area contributed by atoms with Crippen LogP contribution in [-0.4, -0.2) is 33.3 Å². The Kier molecular flexibility index (Phi) is 5.63. The van der Waals surface area contributed by atoms with Crippen LogP contribution in [-0.2, 0) is 4.79 Å². The van der Waals surface area contributed by atoms with E-state index in [2.05, 4.69) is 10.4 Å². The van der Waals surface area contributed by atoms with E-state index in [4.69, 9.17) is 28.3 Å². The summed E-state index contributed by atoms with van der Waals surface area (Å²) in [5.74, 6) is -1.25. The van der Waals surface area contributed by atoms with Crippen molar-refractivity contribution in [1.82, 2.24) is 15.1 Å². The second-order valence-electron chi connectivity index (χ2n) is 4.93. The molecule has 2 N–H and O–H groups in total. The lowest BCUT2D eigenvalue weighted by Gasteiger charge is -2.07. The van der Waals surface area contributed by atoms with E-state index < -0.39 is 5.97 Å². The van der Waals surface area contributed by atoms with Gasteiger partial charge in [-0.1, -0.05) is 23.2 Å². The molecule has 122 valence electrons. The third-order valence-electron chi connectivity index (χ3n) is 3.11. The van der Waals surface area contributed by atoms with E-state index in [1.807, 2.05) is 0 Å². The third-order valence-corrected chi connectivity index (χ3v) is 3.65. The predicted octanol–water partition coefficient (Wildman–Crippen LogP) is 3.08. The highest BCUT2D eigenvalue weighted by Crippen LogP contribution is 2.25. The Balaban J connectivity index is 2.11. The molecule has 1 amide bonds. The summed E-state index contributed by atoms with van der Waals surface area (Å²) < 4.78 is 1.56. The summed E-state index contributed by atoms with van der Waals surface area (Å²) in [5, 5.41) is 16.4. The van der Waals surface area contributed by atoms with Gasteiger partial charge >= 0.3 is 5.97 Å². The molecule has 2 rings (SSSR count). The maximum absolute atomic E-state index is 12.0. The quantitative estimate of drug-likeness (QED) is 0.779. The van der Waals surface area contributed by atoms with Crippen LogP contribution < -0.4 is 5.32 Å². The van der Waals surface area contributed by atoms with Gasteiger partial charge in [-0.2, -0.15) is 5.10 Å². The largest absolute Gasteiger partial charge is 0.481 e. The molecular formula is C15H15Cl2N3O3. The maximum atomic E-state index is 12.0. The average molecular weight is 356 g/mol. The van der Waals surface area contributed by atoms with Crippen LogP contribution in [0.4, 0.5) is 0 Å². The second kappa shape index (κ2) is 7.48. The fraction of sp³-hybridized carbons (Fsp3) is 0.267. The van der Waals surface area contributed by atoms with E-state index in [1.54, 1.807) is 35.9 Å². The van der Waals surface area contributed by atoms with Crippen molar-refractivity contribution in [1.29, 1.82) is 0 Å². The van der Waals surface area contributed by atoms with Gasteiger partial charge in [0.1, 0.15) is 0 Å². The van der Waals surface area contributed by atoms with Crippen molar-refractivity contribution in [2.45, 2.75) is 19.8 Å². The first-order valence-corrected chi connectivity index (χ1v) is 7.66. The summed E-state index contributed by atoms with van der Waals surface area (Å²) in [7, 11) is 0. The molecule has 1 aromatic heterocycles. The van der Waals surface area contributed by atoms with Crippen molar-refractivity contribution in [2.24, 2.45) is 0 Å². The summed E-state index contributed by atoms with van der Waals surface area (Å²) in [6, 6.07) is 6.65. The first kappa shape index (κ1) is 17.3. The lowest BCUT2D eigenvalue weighted by atomic mass is 10.3. The number of hydrogen-bond donors (Lipinski definition) is 2. The van der Waals surface area contributed by atoms with Crippen molar-refractivity contribution >= 4 is 35.1 Å². The second-order valence-corrected chi connectivity index (χ2v) is 5.78. The van der Waals surface area contributed by atoms with Gasteiger partial charge in [-0.15, -0.1) is 0 Å². The summed E-state index contributed by atoms with van der Waals surface area (Å²) in [4.78, 5) is 22.5. The number of rotatable bonds is 6. The molecule has 0 saturated heterocycles. The van der Waals surface area contributed by atoms with Gasteiger partial charge in [0.05, 0.1) is 10.7 Å². The van der Waals surface area contributed by atoms with Crippen LogP contribution in [0.1, 0.15) is 29.0 Å². The summed E-state index contributed by atoms with van der Waals surface area (Å²) in [6.45, 7) is 2.08. The highest BCUT2D eigenvalue weighted by atomic mass is 35.5. The van der Waals surface area contributed by atoms with Crippen LogP contribution in [0.3, 0.4) is 0 Å². The monoisotopic (exact) mass is 355 g/mol. The Morgan fingerprint density at radius 2 is 2.04 bits per heavy atom. The normalized spacial score (nSPS) is 10.6. The fourth-order valence-electron chi connectivity index (χ4n) is 2.01.